The number of aryl methyl sites for hydroxylation is 1. The number of rotatable bonds is 4. The van der Waals surface area contributed by atoms with Gasteiger partial charge in [0.15, 0.2) is 5.76 Å². The molecule has 2 aliphatic rings. The van der Waals surface area contributed by atoms with Crippen molar-refractivity contribution in [1.82, 2.24) is 4.90 Å². The lowest BCUT2D eigenvalue weighted by molar-refractivity contribution is 0.0872. The first-order valence-corrected chi connectivity index (χ1v) is 10.3. The Bertz CT molecular complexity index is 1180. The molecule has 0 saturated carbocycles. The van der Waals surface area contributed by atoms with Crippen LogP contribution in [0.4, 0.5) is 0 Å². The highest BCUT2D eigenvalue weighted by atomic mass is 16.5. The quantitative estimate of drug-likeness (QED) is 0.565. The SMILES string of the molecule is COc1cccc(/C=C2\Oc3c4c(cc(C)c3C2=O)OCN(Cc2ccccc2)C4)c1. The minimum Gasteiger partial charge on any atom is -0.497 e. The topological polar surface area (TPSA) is 48.0 Å². The minimum absolute atomic E-state index is 0.0988. The number of methoxy groups -OCH3 is 1. The van der Waals surface area contributed by atoms with Gasteiger partial charge in [-0.1, -0.05) is 42.5 Å². The maximum atomic E-state index is 13.2. The van der Waals surface area contributed by atoms with Crippen molar-refractivity contribution >= 4 is 11.9 Å². The third-order valence-electron chi connectivity index (χ3n) is 5.63. The molecule has 0 fully saturated rings. The van der Waals surface area contributed by atoms with Crippen molar-refractivity contribution in [2.24, 2.45) is 0 Å². The van der Waals surface area contributed by atoms with Gasteiger partial charge in [-0.3, -0.25) is 9.69 Å². The molecule has 0 atom stereocenters. The fourth-order valence-corrected chi connectivity index (χ4v) is 4.10. The van der Waals surface area contributed by atoms with Crippen molar-refractivity contribution in [2.75, 3.05) is 13.8 Å². The van der Waals surface area contributed by atoms with E-state index < -0.39 is 0 Å². The maximum Gasteiger partial charge on any atom is 0.232 e. The summed E-state index contributed by atoms with van der Waals surface area (Å²) in [5.41, 5.74) is 4.48. The first-order valence-electron chi connectivity index (χ1n) is 10.3. The van der Waals surface area contributed by atoms with Crippen LogP contribution in [0.3, 0.4) is 0 Å². The molecule has 3 aromatic carbocycles. The lowest BCUT2D eigenvalue weighted by Crippen LogP contribution is -2.31. The summed E-state index contributed by atoms with van der Waals surface area (Å²) in [7, 11) is 1.62. The fraction of sp³-hybridized carbons (Fsp3) is 0.192. The monoisotopic (exact) mass is 413 g/mol. The zero-order valence-electron chi connectivity index (χ0n) is 17.6. The minimum atomic E-state index is -0.0988. The van der Waals surface area contributed by atoms with Crippen LogP contribution in [0, 0.1) is 6.92 Å². The highest BCUT2D eigenvalue weighted by Gasteiger charge is 2.35. The largest absolute Gasteiger partial charge is 0.497 e. The molecule has 0 spiro atoms. The molecule has 5 rings (SSSR count). The second kappa shape index (κ2) is 7.93. The van der Waals surface area contributed by atoms with Gasteiger partial charge in [-0.2, -0.15) is 0 Å². The van der Waals surface area contributed by atoms with Gasteiger partial charge >= 0.3 is 0 Å². The molecule has 0 bridgehead atoms. The smallest absolute Gasteiger partial charge is 0.232 e. The first-order chi connectivity index (χ1) is 15.1. The van der Waals surface area contributed by atoms with E-state index in [1.807, 2.05) is 55.5 Å². The fourth-order valence-electron chi connectivity index (χ4n) is 4.10. The number of carbonyl (C=O) groups excluding carboxylic acids is 1. The molecule has 3 aromatic rings. The van der Waals surface area contributed by atoms with Gasteiger partial charge in [-0.25, -0.2) is 0 Å². The van der Waals surface area contributed by atoms with E-state index in [9.17, 15) is 4.79 Å². The number of ketones is 1. The number of allylic oxidation sites excluding steroid dienone is 1. The van der Waals surface area contributed by atoms with Crippen LogP contribution in [-0.4, -0.2) is 24.5 Å². The number of carbonyl (C=O) groups is 1. The molecule has 0 aromatic heterocycles. The number of hydrogen-bond acceptors (Lipinski definition) is 5. The lowest BCUT2D eigenvalue weighted by Gasteiger charge is -2.30. The number of ether oxygens (including phenoxy) is 3. The van der Waals surface area contributed by atoms with Crippen molar-refractivity contribution < 1.29 is 19.0 Å². The Balaban J connectivity index is 1.47. The number of hydrogen-bond donors (Lipinski definition) is 0. The highest BCUT2D eigenvalue weighted by molar-refractivity contribution is 6.15. The van der Waals surface area contributed by atoms with Crippen LogP contribution in [-0.2, 0) is 13.1 Å². The molecule has 0 amide bonds. The van der Waals surface area contributed by atoms with E-state index in [4.69, 9.17) is 14.2 Å². The summed E-state index contributed by atoms with van der Waals surface area (Å²) in [6.07, 6.45) is 1.77. The maximum absolute atomic E-state index is 13.2. The number of nitrogens with zero attached hydrogens (tertiary/aromatic N) is 1. The number of benzene rings is 3. The van der Waals surface area contributed by atoms with Crippen LogP contribution in [0.25, 0.3) is 6.08 Å². The molecule has 0 saturated heterocycles. The summed E-state index contributed by atoms with van der Waals surface area (Å²) in [5, 5.41) is 0. The van der Waals surface area contributed by atoms with Gasteiger partial charge in [-0.15, -0.1) is 0 Å². The molecule has 5 nitrogen and oxygen atoms in total. The van der Waals surface area contributed by atoms with Crippen molar-refractivity contribution in [3.05, 3.63) is 94.2 Å². The summed E-state index contributed by atoms with van der Waals surface area (Å²) in [6.45, 7) is 3.85. The predicted octanol–water partition coefficient (Wildman–Crippen LogP) is 4.97. The summed E-state index contributed by atoms with van der Waals surface area (Å²) in [5.74, 6) is 2.36. The summed E-state index contributed by atoms with van der Waals surface area (Å²) < 4.78 is 17.5. The molecular formula is C26H23NO4. The Morgan fingerprint density at radius 1 is 1.10 bits per heavy atom. The van der Waals surface area contributed by atoms with Crippen molar-refractivity contribution in [1.29, 1.82) is 0 Å². The van der Waals surface area contributed by atoms with E-state index in [0.717, 1.165) is 34.7 Å². The van der Waals surface area contributed by atoms with Gasteiger partial charge in [0.2, 0.25) is 5.78 Å². The van der Waals surface area contributed by atoms with E-state index in [-0.39, 0.29) is 5.78 Å². The molecule has 0 unspecified atom stereocenters. The van der Waals surface area contributed by atoms with Gasteiger partial charge in [0.25, 0.3) is 0 Å². The Morgan fingerprint density at radius 2 is 1.94 bits per heavy atom. The number of fused-ring (bicyclic) bond motifs is 3. The molecule has 0 radical (unpaired) electrons. The Labute approximate surface area is 181 Å². The third-order valence-corrected chi connectivity index (χ3v) is 5.63. The molecule has 2 heterocycles. The van der Waals surface area contributed by atoms with Gasteiger partial charge < -0.3 is 14.2 Å². The van der Waals surface area contributed by atoms with Crippen molar-refractivity contribution in [2.45, 2.75) is 20.0 Å². The van der Waals surface area contributed by atoms with Crippen LogP contribution < -0.4 is 14.2 Å². The van der Waals surface area contributed by atoms with Crippen molar-refractivity contribution in [3.63, 3.8) is 0 Å². The van der Waals surface area contributed by atoms with Crippen LogP contribution >= 0.6 is 0 Å². The van der Waals surface area contributed by atoms with Gasteiger partial charge in [-0.05, 0) is 47.9 Å². The van der Waals surface area contributed by atoms with E-state index in [1.54, 1.807) is 13.2 Å². The van der Waals surface area contributed by atoms with E-state index in [2.05, 4.69) is 17.0 Å². The van der Waals surface area contributed by atoms with Crippen molar-refractivity contribution in [3.8, 4) is 17.2 Å². The molecule has 5 heteroatoms. The molecule has 156 valence electrons. The number of Topliss-reactive ketones (excluding diaryl/α,β-unsaturated/α-hetero) is 1. The normalized spacial score (nSPS) is 16.5. The second-order valence-electron chi connectivity index (χ2n) is 7.84. The molecule has 0 aliphatic carbocycles. The Hall–Kier alpha value is -3.57. The lowest BCUT2D eigenvalue weighted by atomic mass is 9.98. The van der Waals surface area contributed by atoms with Gasteiger partial charge in [0.1, 0.15) is 24.0 Å². The van der Waals surface area contributed by atoms with E-state index in [0.29, 0.717) is 30.3 Å². The summed E-state index contributed by atoms with van der Waals surface area (Å²) in [4.78, 5) is 15.4. The van der Waals surface area contributed by atoms with Crippen LogP contribution in [0.2, 0.25) is 0 Å². The standard InChI is InChI=1S/C26H23NO4/c1-17-11-22-21(15-27(16-30-22)14-18-7-4-3-5-8-18)26-24(17)25(28)23(31-26)13-19-9-6-10-20(12-19)29-2/h3-13H,14-16H2,1-2H3/b23-13-. The third kappa shape index (κ3) is 3.68. The highest BCUT2D eigenvalue weighted by Crippen LogP contribution is 2.44. The van der Waals surface area contributed by atoms with Gasteiger partial charge in [0, 0.05) is 13.1 Å². The van der Waals surface area contributed by atoms with Crippen LogP contribution in [0.15, 0.2) is 66.4 Å². The first kappa shape index (κ1) is 19.4. The Kier molecular flexibility index (Phi) is 4.96. The Morgan fingerprint density at radius 3 is 2.74 bits per heavy atom. The zero-order chi connectivity index (χ0) is 21.4. The van der Waals surface area contributed by atoms with Crippen LogP contribution in [0.5, 0.6) is 17.2 Å². The second-order valence-corrected chi connectivity index (χ2v) is 7.84. The van der Waals surface area contributed by atoms with Crippen LogP contribution in [0.1, 0.15) is 32.6 Å². The molecule has 31 heavy (non-hydrogen) atoms. The summed E-state index contributed by atoms with van der Waals surface area (Å²) >= 11 is 0. The van der Waals surface area contributed by atoms with E-state index in [1.165, 1.54) is 5.56 Å². The van der Waals surface area contributed by atoms with E-state index >= 15 is 0 Å². The molecule has 0 N–H and O–H groups in total. The predicted molar refractivity (Wildman–Crippen MR) is 118 cm³/mol. The van der Waals surface area contributed by atoms with Gasteiger partial charge in [0.05, 0.1) is 18.2 Å². The average molecular weight is 413 g/mol. The molecule has 2 aliphatic heterocycles. The zero-order valence-corrected chi connectivity index (χ0v) is 17.6. The molecular weight excluding hydrogens is 390 g/mol. The average Bonchev–Trinajstić information content (AvgIpc) is 3.12. The summed E-state index contributed by atoms with van der Waals surface area (Å²) in [6, 6.07) is 19.8.